The Bertz CT molecular complexity index is 2830. The van der Waals surface area contributed by atoms with E-state index in [1.807, 2.05) is 18.3 Å². The van der Waals surface area contributed by atoms with E-state index >= 15 is 0 Å². The monoisotopic (exact) mass is 846 g/mol. The van der Waals surface area contributed by atoms with Crippen LogP contribution in [-0.4, -0.2) is 19.3 Å². The molecule has 0 amide bonds. The van der Waals surface area contributed by atoms with E-state index in [0.717, 1.165) is 68.7 Å². The van der Waals surface area contributed by atoms with E-state index in [1.54, 1.807) is 0 Å². The molecule has 6 heteroatoms. The average Bonchev–Trinajstić information content (AvgIpc) is 3.79. The maximum Gasteiger partial charge on any atom is 2.00 e. The summed E-state index contributed by atoms with van der Waals surface area (Å²) in [7, 11) is 0. The molecular formula is C52H44N4OPd. The summed E-state index contributed by atoms with van der Waals surface area (Å²) in [6.45, 7) is 10.9. The van der Waals surface area contributed by atoms with Crippen LogP contribution in [0.4, 0.5) is 0 Å². The van der Waals surface area contributed by atoms with Crippen molar-refractivity contribution in [2.45, 2.75) is 53.4 Å². The van der Waals surface area contributed by atoms with Gasteiger partial charge in [-0.05, 0) is 82.8 Å². The van der Waals surface area contributed by atoms with Gasteiger partial charge in [0.05, 0.1) is 5.69 Å². The Morgan fingerprint density at radius 1 is 0.655 bits per heavy atom. The van der Waals surface area contributed by atoms with Crippen LogP contribution < -0.4 is 4.74 Å². The molecule has 0 atom stereocenters. The van der Waals surface area contributed by atoms with Gasteiger partial charge in [0.15, 0.2) is 0 Å². The van der Waals surface area contributed by atoms with E-state index in [2.05, 4.69) is 183 Å². The fraction of sp³-hybridized carbons (Fsp3) is 0.154. The molecule has 0 spiro atoms. The number of hydrogen-bond acceptors (Lipinski definition) is 3. The van der Waals surface area contributed by atoms with Crippen LogP contribution in [0.25, 0.3) is 66.7 Å². The minimum absolute atomic E-state index is 0. The molecule has 0 aliphatic heterocycles. The third-order valence-electron chi connectivity index (χ3n) is 10.9. The fourth-order valence-electron chi connectivity index (χ4n) is 8.09. The SMILES string of the molecule is CCc1nn(-c2[c-]c(Oc3[c-]c4c(cc3)c3ccccc3n4-c3cc(C)ccn3)cc(C(C)C)c2)c(CC)c1-c1c(-c2ccccc2)cccc1-c1ccccc1.[Pd+2]. The van der Waals surface area contributed by atoms with E-state index < -0.39 is 0 Å². The molecule has 0 N–H and O–H groups in total. The van der Waals surface area contributed by atoms with Gasteiger partial charge < -0.3 is 9.30 Å². The molecule has 0 saturated carbocycles. The maximum atomic E-state index is 6.74. The molecule has 3 heterocycles. The van der Waals surface area contributed by atoms with Crippen molar-refractivity contribution < 1.29 is 25.2 Å². The molecule has 5 nitrogen and oxygen atoms in total. The minimum Gasteiger partial charge on any atom is -0.509 e. The number of ether oxygens (including phenoxy) is 1. The molecule has 0 aliphatic carbocycles. The van der Waals surface area contributed by atoms with Crippen molar-refractivity contribution >= 4 is 21.8 Å². The molecule has 0 unspecified atom stereocenters. The van der Waals surface area contributed by atoms with Crippen LogP contribution in [0.15, 0.2) is 146 Å². The number of rotatable bonds is 10. The van der Waals surface area contributed by atoms with Gasteiger partial charge >= 0.3 is 20.4 Å². The molecule has 58 heavy (non-hydrogen) atoms. The van der Waals surface area contributed by atoms with Crippen LogP contribution in [0.3, 0.4) is 0 Å². The summed E-state index contributed by atoms with van der Waals surface area (Å²) in [5, 5.41) is 7.63. The van der Waals surface area contributed by atoms with E-state index in [9.17, 15) is 0 Å². The largest absolute Gasteiger partial charge is 2.00 e. The second kappa shape index (κ2) is 16.4. The average molecular weight is 847 g/mol. The van der Waals surface area contributed by atoms with Gasteiger partial charge in [-0.15, -0.1) is 41.3 Å². The van der Waals surface area contributed by atoms with Crippen LogP contribution in [0.2, 0.25) is 0 Å². The van der Waals surface area contributed by atoms with Gasteiger partial charge in [0, 0.05) is 40.0 Å². The number of benzene rings is 6. The van der Waals surface area contributed by atoms with Crippen molar-refractivity contribution in [3.05, 3.63) is 180 Å². The van der Waals surface area contributed by atoms with Crippen molar-refractivity contribution in [1.82, 2.24) is 19.3 Å². The first kappa shape index (κ1) is 38.8. The Kier molecular flexibility index (Phi) is 11.0. The number of para-hydroxylation sites is 1. The van der Waals surface area contributed by atoms with Crippen LogP contribution in [0.1, 0.15) is 56.1 Å². The van der Waals surface area contributed by atoms with Gasteiger partial charge in [0.1, 0.15) is 5.82 Å². The molecule has 0 fully saturated rings. The molecular weight excluding hydrogens is 803 g/mol. The van der Waals surface area contributed by atoms with Crippen LogP contribution >= 0.6 is 0 Å². The summed E-state index contributed by atoms with van der Waals surface area (Å²) in [6.07, 6.45) is 3.41. The second-order valence-electron chi connectivity index (χ2n) is 14.9. The summed E-state index contributed by atoms with van der Waals surface area (Å²) in [4.78, 5) is 4.76. The van der Waals surface area contributed by atoms with Gasteiger partial charge in [0.25, 0.3) is 0 Å². The molecule has 3 aromatic heterocycles. The molecule has 9 aromatic rings. The van der Waals surface area contributed by atoms with Gasteiger partial charge in [-0.25, -0.2) is 4.98 Å². The maximum absolute atomic E-state index is 6.74. The summed E-state index contributed by atoms with van der Waals surface area (Å²) in [6, 6.07) is 56.3. The number of pyridine rings is 1. The Morgan fingerprint density at radius 2 is 1.34 bits per heavy atom. The van der Waals surface area contributed by atoms with Crippen molar-refractivity contribution in [2.24, 2.45) is 0 Å². The fourth-order valence-corrected chi connectivity index (χ4v) is 8.09. The third-order valence-corrected chi connectivity index (χ3v) is 10.9. The molecule has 0 aliphatic rings. The van der Waals surface area contributed by atoms with Gasteiger partial charge in [-0.2, -0.15) is 11.2 Å². The Balaban J connectivity index is 0.00000469. The van der Waals surface area contributed by atoms with Gasteiger partial charge in [-0.3, -0.25) is 4.68 Å². The molecule has 0 radical (unpaired) electrons. The van der Waals surface area contributed by atoms with Gasteiger partial charge in [0.2, 0.25) is 0 Å². The molecule has 0 saturated heterocycles. The van der Waals surface area contributed by atoms with Crippen LogP contribution in [-0.2, 0) is 33.3 Å². The Labute approximate surface area is 354 Å². The summed E-state index contributed by atoms with van der Waals surface area (Å²) >= 11 is 0. The van der Waals surface area contributed by atoms with Gasteiger partial charge in [-0.1, -0.05) is 130 Å². The predicted molar refractivity (Wildman–Crippen MR) is 234 cm³/mol. The third kappa shape index (κ3) is 7.08. The minimum atomic E-state index is 0. The Morgan fingerprint density at radius 3 is 2.00 bits per heavy atom. The molecule has 6 aromatic carbocycles. The second-order valence-corrected chi connectivity index (χ2v) is 14.9. The van der Waals surface area contributed by atoms with E-state index in [1.165, 1.54) is 33.4 Å². The van der Waals surface area contributed by atoms with Crippen molar-refractivity contribution in [3.63, 3.8) is 0 Å². The molecule has 0 bridgehead atoms. The van der Waals surface area contributed by atoms with Crippen LogP contribution in [0, 0.1) is 19.1 Å². The summed E-state index contributed by atoms with van der Waals surface area (Å²) in [5.41, 5.74) is 14.4. The number of aryl methyl sites for hydroxylation is 2. The number of fused-ring (bicyclic) bond motifs is 3. The van der Waals surface area contributed by atoms with E-state index in [4.69, 9.17) is 14.8 Å². The van der Waals surface area contributed by atoms with Crippen LogP contribution in [0.5, 0.6) is 11.5 Å². The molecule has 9 rings (SSSR count). The van der Waals surface area contributed by atoms with Crippen molar-refractivity contribution in [1.29, 1.82) is 0 Å². The predicted octanol–water partition coefficient (Wildman–Crippen LogP) is 13.3. The first-order chi connectivity index (χ1) is 27.9. The number of hydrogen-bond donors (Lipinski definition) is 0. The molecule has 288 valence electrons. The zero-order chi connectivity index (χ0) is 39.0. The summed E-state index contributed by atoms with van der Waals surface area (Å²) in [5.74, 6) is 2.33. The van der Waals surface area contributed by atoms with Crippen molar-refractivity contribution in [3.8, 4) is 56.4 Å². The quantitative estimate of drug-likeness (QED) is 0.102. The first-order valence-corrected chi connectivity index (χ1v) is 19.9. The van der Waals surface area contributed by atoms with E-state index in [-0.39, 0.29) is 26.3 Å². The zero-order valence-corrected chi connectivity index (χ0v) is 34.9. The Hall–Kier alpha value is -6.06. The standard InChI is InChI=1S/C52H44N4O.Pd/c1-6-46-52(51-42(36-17-10-8-11-18-36)22-16-23-43(51)37-19-12-9-13-20-37)47(7-2)56(54-46)39-30-38(34(3)4)31-41(32-39)57-40-25-26-45-44-21-14-15-24-48(44)55(49(45)33-40)50-29-35(5)27-28-53-50;/h8-31,34H,6-7H2,1-5H3;/q-2;+2. The number of nitrogens with zero attached hydrogens (tertiary/aromatic N) is 4. The van der Waals surface area contributed by atoms with E-state index in [0.29, 0.717) is 11.5 Å². The normalized spacial score (nSPS) is 11.3. The topological polar surface area (TPSA) is 44.9 Å². The number of aromatic nitrogens is 4. The first-order valence-electron chi connectivity index (χ1n) is 19.9. The zero-order valence-electron chi connectivity index (χ0n) is 33.4. The smallest absolute Gasteiger partial charge is 0.509 e. The van der Waals surface area contributed by atoms with Crippen molar-refractivity contribution in [2.75, 3.05) is 0 Å². The summed E-state index contributed by atoms with van der Waals surface area (Å²) < 4.78 is 11.0.